The van der Waals surface area contributed by atoms with Gasteiger partial charge in [0.05, 0.1) is 25.5 Å². The van der Waals surface area contributed by atoms with Gasteiger partial charge in [-0.25, -0.2) is 9.97 Å². The lowest BCUT2D eigenvalue weighted by atomic mass is 10.2. The molecule has 1 saturated heterocycles. The Morgan fingerprint density at radius 1 is 1.08 bits per heavy atom. The third-order valence-corrected chi connectivity index (χ3v) is 4.34. The van der Waals surface area contributed by atoms with Gasteiger partial charge in [0.15, 0.2) is 0 Å². The fraction of sp³-hybridized carbons (Fsp3) is 0.389. The Kier molecular flexibility index (Phi) is 5.52. The lowest BCUT2D eigenvalue weighted by Gasteiger charge is -2.32. The van der Waals surface area contributed by atoms with Crippen LogP contribution in [0.15, 0.2) is 30.6 Å². The Morgan fingerprint density at radius 2 is 1.77 bits per heavy atom. The minimum absolute atomic E-state index is 0.293. The van der Waals surface area contributed by atoms with Gasteiger partial charge in [-0.15, -0.1) is 0 Å². The molecule has 3 rings (SSSR count). The number of hydrogen-bond acceptors (Lipinski definition) is 7. The predicted molar refractivity (Wildman–Crippen MR) is 99.2 cm³/mol. The van der Waals surface area contributed by atoms with Crippen molar-refractivity contribution in [3.8, 4) is 11.5 Å². The molecule has 8 heteroatoms. The van der Waals surface area contributed by atoms with Crippen LogP contribution in [0.5, 0.6) is 11.5 Å². The van der Waals surface area contributed by atoms with Crippen molar-refractivity contribution in [3.05, 3.63) is 36.2 Å². The summed E-state index contributed by atoms with van der Waals surface area (Å²) in [5.41, 5.74) is 0.946. The molecule has 1 aliphatic rings. The van der Waals surface area contributed by atoms with E-state index in [-0.39, 0.29) is 5.91 Å². The molecule has 1 aromatic heterocycles. The van der Waals surface area contributed by atoms with Crippen LogP contribution in [0.1, 0.15) is 10.4 Å². The third-order valence-electron chi connectivity index (χ3n) is 4.34. The molecule has 8 nitrogen and oxygen atoms in total. The second-order valence-electron chi connectivity index (χ2n) is 6.08. The number of carbonyl (C=O) groups excluding carboxylic acids is 1. The number of benzene rings is 1. The number of carbonyl (C=O) groups is 1. The van der Waals surface area contributed by atoms with E-state index in [2.05, 4.69) is 32.1 Å². The number of methoxy groups -OCH3 is 2. The first kappa shape index (κ1) is 17.9. The van der Waals surface area contributed by atoms with Crippen molar-refractivity contribution in [2.75, 3.05) is 57.7 Å². The average molecular weight is 357 g/mol. The second kappa shape index (κ2) is 8.01. The van der Waals surface area contributed by atoms with Crippen LogP contribution in [0.25, 0.3) is 0 Å². The maximum atomic E-state index is 12.5. The van der Waals surface area contributed by atoms with Crippen LogP contribution in [-0.4, -0.2) is 68.2 Å². The van der Waals surface area contributed by atoms with Crippen LogP contribution in [0.4, 0.5) is 11.6 Å². The number of anilines is 2. The molecule has 0 saturated carbocycles. The molecular formula is C18H23N5O3. The number of nitrogens with zero attached hydrogens (tertiary/aromatic N) is 4. The molecule has 1 fully saturated rings. The van der Waals surface area contributed by atoms with Crippen LogP contribution in [0, 0.1) is 0 Å². The maximum Gasteiger partial charge on any atom is 0.258 e. The van der Waals surface area contributed by atoms with Crippen LogP contribution in [-0.2, 0) is 0 Å². The first-order valence-corrected chi connectivity index (χ1v) is 8.39. The van der Waals surface area contributed by atoms with Gasteiger partial charge in [0.2, 0.25) is 5.95 Å². The van der Waals surface area contributed by atoms with Crippen molar-refractivity contribution in [1.29, 1.82) is 0 Å². The minimum atomic E-state index is -0.293. The number of hydrogen-bond donors (Lipinski definition) is 1. The maximum absolute atomic E-state index is 12.5. The van der Waals surface area contributed by atoms with Crippen molar-refractivity contribution < 1.29 is 14.3 Å². The van der Waals surface area contributed by atoms with Gasteiger partial charge in [0.25, 0.3) is 5.91 Å². The van der Waals surface area contributed by atoms with Crippen molar-refractivity contribution in [2.45, 2.75) is 0 Å². The van der Waals surface area contributed by atoms with Crippen LogP contribution in [0.2, 0.25) is 0 Å². The van der Waals surface area contributed by atoms with Crippen LogP contribution in [0.3, 0.4) is 0 Å². The summed E-state index contributed by atoms with van der Waals surface area (Å²) in [5.74, 6) is 1.53. The molecule has 1 N–H and O–H groups in total. The van der Waals surface area contributed by atoms with E-state index < -0.39 is 0 Å². The molecule has 138 valence electrons. The zero-order valence-electron chi connectivity index (χ0n) is 15.2. The molecule has 0 spiro atoms. The standard InChI is InChI=1S/C18H23N5O3/c1-22-6-8-23(9-7-22)18-19-11-13(12-20-18)17(24)21-15-5-4-14(25-2)10-16(15)26-3/h4-5,10-12H,6-9H2,1-3H3,(H,21,24). The summed E-state index contributed by atoms with van der Waals surface area (Å²) in [6.07, 6.45) is 3.10. The number of ether oxygens (including phenoxy) is 2. The van der Waals surface area contributed by atoms with Gasteiger partial charge < -0.3 is 24.6 Å². The Bertz CT molecular complexity index is 758. The summed E-state index contributed by atoms with van der Waals surface area (Å²) < 4.78 is 10.5. The molecule has 2 aromatic rings. The van der Waals surface area contributed by atoms with Gasteiger partial charge in [0, 0.05) is 44.6 Å². The summed E-state index contributed by atoms with van der Waals surface area (Å²) in [6, 6.07) is 5.20. The van der Waals surface area contributed by atoms with Gasteiger partial charge in [-0.2, -0.15) is 0 Å². The molecule has 26 heavy (non-hydrogen) atoms. The van der Waals surface area contributed by atoms with Crippen LogP contribution >= 0.6 is 0 Å². The number of likely N-dealkylation sites (N-methyl/N-ethyl adjacent to an activating group) is 1. The summed E-state index contributed by atoms with van der Waals surface area (Å²) in [7, 11) is 5.21. The molecular weight excluding hydrogens is 334 g/mol. The first-order valence-electron chi connectivity index (χ1n) is 8.39. The topological polar surface area (TPSA) is 79.8 Å². The van der Waals surface area contributed by atoms with Crippen molar-refractivity contribution in [2.24, 2.45) is 0 Å². The molecule has 0 atom stereocenters. The fourth-order valence-electron chi connectivity index (χ4n) is 2.70. The highest BCUT2D eigenvalue weighted by Crippen LogP contribution is 2.29. The summed E-state index contributed by atoms with van der Waals surface area (Å²) in [4.78, 5) is 25.5. The number of aromatic nitrogens is 2. The summed E-state index contributed by atoms with van der Waals surface area (Å²) in [5, 5.41) is 2.81. The van der Waals surface area contributed by atoms with Crippen molar-refractivity contribution in [1.82, 2.24) is 14.9 Å². The second-order valence-corrected chi connectivity index (χ2v) is 6.08. The zero-order valence-corrected chi connectivity index (χ0v) is 15.2. The predicted octanol–water partition coefficient (Wildman–Crippen LogP) is 1.50. The van der Waals surface area contributed by atoms with Gasteiger partial charge in [-0.05, 0) is 19.2 Å². The SMILES string of the molecule is COc1ccc(NC(=O)c2cnc(N3CCN(C)CC3)nc2)c(OC)c1. The third kappa shape index (κ3) is 4.02. The van der Waals surface area contributed by atoms with Crippen molar-refractivity contribution >= 4 is 17.5 Å². The number of amides is 1. The molecule has 1 aromatic carbocycles. The Labute approximate surface area is 152 Å². The quantitative estimate of drug-likeness (QED) is 0.868. The smallest absolute Gasteiger partial charge is 0.258 e. The van der Waals surface area contributed by atoms with Crippen LogP contribution < -0.4 is 19.7 Å². The normalized spacial score (nSPS) is 14.8. The highest BCUT2D eigenvalue weighted by atomic mass is 16.5. The van der Waals surface area contributed by atoms with Gasteiger partial charge in [0.1, 0.15) is 11.5 Å². The lowest BCUT2D eigenvalue weighted by Crippen LogP contribution is -2.45. The summed E-state index contributed by atoms with van der Waals surface area (Å²) >= 11 is 0. The fourth-order valence-corrected chi connectivity index (χ4v) is 2.70. The van der Waals surface area contributed by atoms with E-state index >= 15 is 0 Å². The Hall–Kier alpha value is -2.87. The minimum Gasteiger partial charge on any atom is -0.497 e. The van der Waals surface area contributed by atoms with Crippen molar-refractivity contribution in [3.63, 3.8) is 0 Å². The van der Waals surface area contributed by atoms with E-state index in [9.17, 15) is 4.79 Å². The molecule has 0 radical (unpaired) electrons. The number of piperazine rings is 1. The van der Waals surface area contributed by atoms with E-state index in [4.69, 9.17) is 9.47 Å². The van der Waals surface area contributed by atoms with Gasteiger partial charge in [-0.3, -0.25) is 4.79 Å². The number of rotatable bonds is 5. The molecule has 0 aliphatic carbocycles. The van der Waals surface area contributed by atoms with E-state index in [1.54, 1.807) is 44.8 Å². The van der Waals surface area contributed by atoms with Gasteiger partial charge >= 0.3 is 0 Å². The van der Waals surface area contributed by atoms with E-state index in [1.165, 1.54) is 0 Å². The molecule has 0 unspecified atom stereocenters. The van der Waals surface area contributed by atoms with E-state index in [0.29, 0.717) is 28.7 Å². The Morgan fingerprint density at radius 3 is 2.38 bits per heavy atom. The zero-order chi connectivity index (χ0) is 18.5. The summed E-state index contributed by atoms with van der Waals surface area (Å²) in [6.45, 7) is 3.71. The molecule has 2 heterocycles. The van der Waals surface area contributed by atoms with E-state index in [1.807, 2.05) is 0 Å². The molecule has 1 amide bonds. The average Bonchev–Trinajstić information content (AvgIpc) is 2.69. The molecule has 1 aliphatic heterocycles. The lowest BCUT2D eigenvalue weighted by molar-refractivity contribution is 0.102. The number of nitrogens with one attached hydrogen (secondary N) is 1. The largest absolute Gasteiger partial charge is 0.497 e. The Balaban J connectivity index is 1.69. The monoisotopic (exact) mass is 357 g/mol. The first-order chi connectivity index (χ1) is 12.6. The molecule has 0 bridgehead atoms. The van der Waals surface area contributed by atoms with Gasteiger partial charge in [-0.1, -0.05) is 0 Å². The van der Waals surface area contributed by atoms with E-state index in [0.717, 1.165) is 26.2 Å². The highest BCUT2D eigenvalue weighted by Gasteiger charge is 2.17. The highest BCUT2D eigenvalue weighted by molar-refractivity contribution is 6.04.